The lowest BCUT2D eigenvalue weighted by molar-refractivity contribution is -0.130. The number of nitrogens with one attached hydrogen (secondary N) is 1. The fourth-order valence-electron chi connectivity index (χ4n) is 4.06. The van der Waals surface area contributed by atoms with Crippen LogP contribution in [0, 0.1) is 0 Å². The van der Waals surface area contributed by atoms with Crippen LogP contribution in [0.15, 0.2) is 60.9 Å². The second-order valence-corrected chi connectivity index (χ2v) is 7.97. The molecule has 4 heterocycles. The molecule has 0 aliphatic carbocycles. The third-order valence-electron chi connectivity index (χ3n) is 5.72. The lowest BCUT2D eigenvalue weighted by atomic mass is 10.1. The Hall–Kier alpha value is -3.23. The Kier molecular flexibility index (Phi) is 5.40. The zero-order valence-electron chi connectivity index (χ0n) is 17.0. The molecular formula is C23H24N4O4. The van der Waals surface area contributed by atoms with Gasteiger partial charge in [0, 0.05) is 25.5 Å². The van der Waals surface area contributed by atoms with Gasteiger partial charge in [-0.05, 0) is 17.7 Å². The average molecular weight is 420 g/mol. The molecule has 2 amide bonds. The fourth-order valence-corrected chi connectivity index (χ4v) is 4.06. The van der Waals surface area contributed by atoms with Crippen molar-refractivity contribution in [1.82, 2.24) is 19.6 Å². The van der Waals surface area contributed by atoms with Crippen LogP contribution in [0.25, 0.3) is 5.65 Å². The Morgan fingerprint density at radius 2 is 1.71 bits per heavy atom. The third kappa shape index (κ3) is 4.30. The molecule has 3 aromatic rings. The van der Waals surface area contributed by atoms with E-state index in [1.807, 2.05) is 54.7 Å². The number of imidazole rings is 1. The van der Waals surface area contributed by atoms with Gasteiger partial charge in [0.2, 0.25) is 5.91 Å². The number of fused-ring (bicyclic) bond motifs is 2. The number of carbonyl (C=O) groups excluding carboxylic acids is 2. The lowest BCUT2D eigenvalue weighted by Crippen LogP contribution is -2.41. The van der Waals surface area contributed by atoms with Crippen molar-refractivity contribution in [2.45, 2.75) is 24.7 Å². The maximum absolute atomic E-state index is 12.6. The van der Waals surface area contributed by atoms with E-state index in [1.165, 1.54) is 0 Å². The van der Waals surface area contributed by atoms with E-state index in [2.05, 4.69) is 10.3 Å². The van der Waals surface area contributed by atoms with Gasteiger partial charge < -0.3 is 24.1 Å². The van der Waals surface area contributed by atoms with Crippen LogP contribution in [0.2, 0.25) is 0 Å². The van der Waals surface area contributed by atoms with E-state index in [1.54, 1.807) is 15.5 Å². The number of ether oxygens (including phenoxy) is 2. The molecule has 31 heavy (non-hydrogen) atoms. The number of benzene rings is 1. The summed E-state index contributed by atoms with van der Waals surface area (Å²) >= 11 is 0. The maximum atomic E-state index is 12.6. The molecule has 5 rings (SSSR count). The minimum absolute atomic E-state index is 0.0724. The number of carbonyl (C=O) groups is 2. The predicted molar refractivity (Wildman–Crippen MR) is 113 cm³/mol. The van der Waals surface area contributed by atoms with Crippen molar-refractivity contribution >= 4 is 17.5 Å². The van der Waals surface area contributed by atoms with Crippen LogP contribution < -0.4 is 5.32 Å². The van der Waals surface area contributed by atoms with Crippen molar-refractivity contribution in [3.8, 4) is 0 Å². The SMILES string of the molecule is O=C(NC1CO[C@H]2CN(C(=O)Cc3ccccc3)C[C@@H]2OC1)c1cn2ccccc2n1. The molecule has 0 saturated carbocycles. The third-order valence-corrected chi connectivity index (χ3v) is 5.72. The first-order chi connectivity index (χ1) is 15.2. The van der Waals surface area contributed by atoms with Crippen LogP contribution in [-0.2, 0) is 20.7 Å². The van der Waals surface area contributed by atoms with Crippen molar-refractivity contribution in [3.05, 3.63) is 72.2 Å². The van der Waals surface area contributed by atoms with Gasteiger partial charge in [0.1, 0.15) is 23.5 Å². The first-order valence-corrected chi connectivity index (χ1v) is 10.5. The first kappa shape index (κ1) is 19.7. The molecule has 0 unspecified atom stereocenters. The Bertz CT molecular complexity index is 1030. The van der Waals surface area contributed by atoms with E-state index in [0.29, 0.717) is 38.4 Å². The number of rotatable bonds is 4. The summed E-state index contributed by atoms with van der Waals surface area (Å²) in [5, 5.41) is 2.95. The summed E-state index contributed by atoms with van der Waals surface area (Å²) in [6, 6.07) is 15.1. The number of aromatic nitrogens is 2. The Morgan fingerprint density at radius 1 is 1.00 bits per heavy atom. The molecule has 2 aliphatic heterocycles. The molecule has 2 aromatic heterocycles. The minimum atomic E-state index is -0.267. The molecular weight excluding hydrogens is 396 g/mol. The summed E-state index contributed by atoms with van der Waals surface area (Å²) in [5.74, 6) is -0.184. The van der Waals surface area contributed by atoms with E-state index in [-0.39, 0.29) is 30.1 Å². The lowest BCUT2D eigenvalue weighted by Gasteiger charge is -2.19. The van der Waals surface area contributed by atoms with Crippen LogP contribution in [0.5, 0.6) is 0 Å². The number of likely N-dealkylation sites (tertiary alicyclic amines) is 1. The molecule has 8 heteroatoms. The molecule has 2 atom stereocenters. The van der Waals surface area contributed by atoms with Crippen molar-refractivity contribution in [2.24, 2.45) is 0 Å². The largest absolute Gasteiger partial charge is 0.371 e. The van der Waals surface area contributed by atoms with Crippen LogP contribution in [0.1, 0.15) is 16.1 Å². The van der Waals surface area contributed by atoms with Gasteiger partial charge in [-0.25, -0.2) is 4.98 Å². The van der Waals surface area contributed by atoms with Crippen LogP contribution in [-0.4, -0.2) is 70.7 Å². The van der Waals surface area contributed by atoms with E-state index in [9.17, 15) is 9.59 Å². The van der Waals surface area contributed by atoms with E-state index in [4.69, 9.17) is 9.47 Å². The first-order valence-electron chi connectivity index (χ1n) is 10.5. The van der Waals surface area contributed by atoms with Crippen molar-refractivity contribution < 1.29 is 19.1 Å². The summed E-state index contributed by atoms with van der Waals surface area (Å²) in [7, 11) is 0. The van der Waals surface area contributed by atoms with Crippen molar-refractivity contribution in [1.29, 1.82) is 0 Å². The smallest absolute Gasteiger partial charge is 0.271 e. The molecule has 160 valence electrons. The monoisotopic (exact) mass is 420 g/mol. The van der Waals surface area contributed by atoms with Gasteiger partial charge in [-0.3, -0.25) is 9.59 Å². The van der Waals surface area contributed by atoms with E-state index < -0.39 is 0 Å². The van der Waals surface area contributed by atoms with Gasteiger partial charge in [-0.2, -0.15) is 0 Å². The van der Waals surface area contributed by atoms with Gasteiger partial charge in [-0.15, -0.1) is 0 Å². The predicted octanol–water partition coefficient (Wildman–Crippen LogP) is 1.30. The average Bonchev–Trinajstić information content (AvgIpc) is 3.36. The Morgan fingerprint density at radius 3 is 2.42 bits per heavy atom. The molecule has 1 aromatic carbocycles. The zero-order valence-corrected chi connectivity index (χ0v) is 17.0. The van der Waals surface area contributed by atoms with Gasteiger partial charge in [0.05, 0.1) is 25.7 Å². The number of amides is 2. The number of hydrogen-bond donors (Lipinski definition) is 1. The second kappa shape index (κ2) is 8.49. The summed E-state index contributed by atoms with van der Waals surface area (Å²) in [6.07, 6.45) is 3.56. The van der Waals surface area contributed by atoms with Gasteiger partial charge in [0.15, 0.2) is 0 Å². The molecule has 0 bridgehead atoms. The highest BCUT2D eigenvalue weighted by Gasteiger charge is 2.39. The topological polar surface area (TPSA) is 85.2 Å². The summed E-state index contributed by atoms with van der Waals surface area (Å²) in [6.45, 7) is 1.68. The quantitative estimate of drug-likeness (QED) is 0.688. The van der Waals surface area contributed by atoms with Crippen molar-refractivity contribution in [3.63, 3.8) is 0 Å². The number of hydrogen-bond acceptors (Lipinski definition) is 5. The van der Waals surface area contributed by atoms with Crippen LogP contribution in [0.4, 0.5) is 0 Å². The summed E-state index contributed by atoms with van der Waals surface area (Å²) < 4.78 is 13.8. The zero-order chi connectivity index (χ0) is 21.2. The minimum Gasteiger partial charge on any atom is -0.371 e. The standard InChI is InChI=1S/C23H24N4O4/c28-22(10-16-6-2-1-3-7-16)27-12-19-20(13-27)31-15-17(14-30-19)24-23(29)18-11-26-9-5-4-8-21(26)25-18/h1-9,11,17,19-20H,10,12-15H2,(H,24,29)/t19-,20-/m0/s1. The maximum Gasteiger partial charge on any atom is 0.271 e. The molecule has 0 spiro atoms. The molecule has 2 aliphatic rings. The molecule has 0 radical (unpaired) electrons. The number of pyridine rings is 1. The Labute approximate surface area is 179 Å². The molecule has 8 nitrogen and oxygen atoms in total. The highest BCUT2D eigenvalue weighted by Crippen LogP contribution is 2.21. The molecule has 1 N–H and O–H groups in total. The highest BCUT2D eigenvalue weighted by atomic mass is 16.6. The second-order valence-electron chi connectivity index (χ2n) is 7.97. The normalized spacial score (nSPS) is 21.6. The van der Waals surface area contributed by atoms with E-state index >= 15 is 0 Å². The summed E-state index contributed by atoms with van der Waals surface area (Å²) in [5.41, 5.74) is 2.07. The molecule has 2 saturated heterocycles. The van der Waals surface area contributed by atoms with Crippen LogP contribution in [0.3, 0.4) is 0 Å². The highest BCUT2D eigenvalue weighted by molar-refractivity contribution is 5.93. The van der Waals surface area contributed by atoms with Gasteiger partial charge in [-0.1, -0.05) is 36.4 Å². The Balaban J connectivity index is 1.15. The van der Waals surface area contributed by atoms with Gasteiger partial charge in [0.25, 0.3) is 5.91 Å². The van der Waals surface area contributed by atoms with Crippen molar-refractivity contribution in [2.75, 3.05) is 26.3 Å². The van der Waals surface area contributed by atoms with Gasteiger partial charge >= 0.3 is 0 Å². The fraction of sp³-hybridized carbons (Fsp3) is 0.348. The van der Waals surface area contributed by atoms with E-state index in [0.717, 1.165) is 11.2 Å². The summed E-state index contributed by atoms with van der Waals surface area (Å²) in [4.78, 5) is 31.4. The number of nitrogens with zero attached hydrogens (tertiary/aromatic N) is 3. The molecule has 2 fully saturated rings. The van der Waals surface area contributed by atoms with Crippen LogP contribution >= 0.6 is 0 Å².